The average molecular weight is 157 g/mol. The summed E-state index contributed by atoms with van der Waals surface area (Å²) < 4.78 is 0. The van der Waals surface area contributed by atoms with Crippen molar-refractivity contribution in [3.8, 4) is 0 Å². The van der Waals surface area contributed by atoms with Gasteiger partial charge in [-0.15, -0.1) is 0 Å². The molecule has 1 aliphatic heterocycles. The van der Waals surface area contributed by atoms with E-state index in [1.165, 1.54) is 12.6 Å². The number of nitrogens with one attached hydrogen (secondary N) is 1. The zero-order valence-corrected chi connectivity index (χ0v) is 7.72. The number of hydrogen-bond donors (Lipinski definition) is 1. The predicted molar refractivity (Wildman–Crippen MR) is 49.0 cm³/mol. The molecule has 0 amide bonds. The second kappa shape index (κ2) is 4.10. The second-order valence-corrected chi connectivity index (χ2v) is 4.30. The van der Waals surface area contributed by atoms with Gasteiger partial charge in [-0.25, -0.2) is 0 Å². The van der Waals surface area contributed by atoms with Crippen LogP contribution >= 0.6 is 8.58 Å². The Morgan fingerprint density at radius 3 is 3.00 bits per heavy atom. The van der Waals surface area contributed by atoms with Gasteiger partial charge < -0.3 is 5.32 Å². The highest BCUT2D eigenvalue weighted by Gasteiger charge is 2.14. The first-order valence-electron chi connectivity index (χ1n) is 3.90. The number of hydrogen-bond acceptors (Lipinski definition) is 1. The van der Waals surface area contributed by atoms with Gasteiger partial charge in [-0.1, -0.05) is 27.7 Å². The fourth-order valence-corrected chi connectivity index (χ4v) is 2.61. The molecule has 1 nitrogen and oxygen atoms in total. The Morgan fingerprint density at radius 1 is 1.50 bits per heavy atom. The first-order chi connectivity index (χ1) is 4.84. The third kappa shape index (κ3) is 2.07. The molecule has 1 N–H and O–H groups in total. The topological polar surface area (TPSA) is 12.0 Å². The van der Waals surface area contributed by atoms with Crippen molar-refractivity contribution in [2.24, 2.45) is 5.92 Å². The summed E-state index contributed by atoms with van der Waals surface area (Å²) in [5.74, 6) is 1.58. The largest absolute Gasteiger partial charge is 0.313 e. The van der Waals surface area contributed by atoms with Gasteiger partial charge in [0.2, 0.25) is 0 Å². The van der Waals surface area contributed by atoms with Crippen molar-refractivity contribution in [1.82, 2.24) is 5.32 Å². The molecule has 3 atom stereocenters. The molecular weight excluding hydrogens is 141 g/mol. The summed E-state index contributed by atoms with van der Waals surface area (Å²) >= 11 is 0. The van der Waals surface area contributed by atoms with Crippen molar-refractivity contribution < 1.29 is 0 Å². The quantitative estimate of drug-likeness (QED) is 0.452. The lowest BCUT2D eigenvalue weighted by atomic mass is 10.1. The molecule has 0 aliphatic carbocycles. The molecular formula is C8H16NP. The molecule has 0 aromatic heterocycles. The molecule has 0 radical (unpaired) electrons. The highest BCUT2D eigenvalue weighted by Crippen LogP contribution is 2.28. The van der Waals surface area contributed by atoms with Gasteiger partial charge in [-0.05, 0) is 25.5 Å². The molecule has 0 bridgehead atoms. The molecule has 58 valence electrons. The van der Waals surface area contributed by atoms with Crippen LogP contribution in [0, 0.1) is 5.92 Å². The maximum Gasteiger partial charge on any atom is 0.0268 e. The van der Waals surface area contributed by atoms with Crippen LogP contribution in [0.3, 0.4) is 0 Å². The summed E-state index contributed by atoms with van der Waals surface area (Å²) in [6.45, 7) is 2.32. The SMILES string of the molecule is CNC1PCC=CCC1C. The van der Waals surface area contributed by atoms with E-state index in [1.54, 1.807) is 0 Å². The zero-order chi connectivity index (χ0) is 7.40. The van der Waals surface area contributed by atoms with Crippen LogP contribution < -0.4 is 5.32 Å². The molecule has 0 fully saturated rings. The minimum absolute atomic E-state index is 0.759. The third-order valence-electron chi connectivity index (χ3n) is 2.01. The predicted octanol–water partition coefficient (Wildman–Crippen LogP) is 1.81. The summed E-state index contributed by atoms with van der Waals surface area (Å²) in [6.07, 6.45) is 7.15. The summed E-state index contributed by atoms with van der Waals surface area (Å²) in [6, 6.07) is 0. The van der Waals surface area contributed by atoms with Crippen molar-refractivity contribution in [2.45, 2.75) is 19.1 Å². The van der Waals surface area contributed by atoms with Gasteiger partial charge in [0.05, 0.1) is 0 Å². The highest BCUT2D eigenvalue weighted by atomic mass is 31.1. The Labute approximate surface area is 65.1 Å². The molecule has 0 aromatic carbocycles. The van der Waals surface area contributed by atoms with Crippen molar-refractivity contribution in [1.29, 1.82) is 0 Å². The van der Waals surface area contributed by atoms with Crippen molar-refractivity contribution in [3.05, 3.63) is 12.2 Å². The van der Waals surface area contributed by atoms with Gasteiger partial charge in [0.25, 0.3) is 0 Å². The average Bonchev–Trinajstić information content (AvgIpc) is 2.13. The molecule has 3 unspecified atom stereocenters. The standard InChI is InChI=1S/C8H16NP/c1-7-5-3-4-6-10-8(7)9-2/h3-4,7-10H,5-6H2,1-2H3. The molecule has 0 saturated carbocycles. The van der Waals surface area contributed by atoms with Crippen LogP contribution in [0.1, 0.15) is 13.3 Å². The van der Waals surface area contributed by atoms with Crippen molar-refractivity contribution in [3.63, 3.8) is 0 Å². The van der Waals surface area contributed by atoms with Crippen molar-refractivity contribution >= 4 is 8.58 Å². The van der Waals surface area contributed by atoms with Crippen LogP contribution in [0.4, 0.5) is 0 Å². The summed E-state index contributed by atoms with van der Waals surface area (Å²) in [5, 5.41) is 3.37. The van der Waals surface area contributed by atoms with E-state index in [0.29, 0.717) is 0 Å². The normalized spacial score (nSPS) is 36.2. The monoisotopic (exact) mass is 157 g/mol. The smallest absolute Gasteiger partial charge is 0.0268 e. The molecule has 0 aromatic rings. The summed E-state index contributed by atoms with van der Waals surface area (Å²) in [4.78, 5) is 0. The summed E-state index contributed by atoms with van der Waals surface area (Å²) in [7, 11) is 3.14. The number of allylic oxidation sites excluding steroid dienone is 2. The fourth-order valence-electron chi connectivity index (χ4n) is 1.31. The van der Waals surface area contributed by atoms with E-state index in [2.05, 4.69) is 31.4 Å². The Kier molecular flexibility index (Phi) is 3.37. The maximum absolute atomic E-state index is 3.37. The third-order valence-corrected chi connectivity index (χ3v) is 3.78. The molecule has 1 rings (SSSR count). The van der Waals surface area contributed by atoms with E-state index in [9.17, 15) is 0 Å². The van der Waals surface area contributed by atoms with Crippen molar-refractivity contribution in [2.75, 3.05) is 13.2 Å². The van der Waals surface area contributed by atoms with Crippen LogP contribution in [0.15, 0.2) is 12.2 Å². The first kappa shape index (κ1) is 8.23. The van der Waals surface area contributed by atoms with Gasteiger partial charge in [0, 0.05) is 5.78 Å². The fraction of sp³-hybridized carbons (Fsp3) is 0.750. The lowest BCUT2D eigenvalue weighted by Crippen LogP contribution is -2.26. The van der Waals surface area contributed by atoms with Gasteiger partial charge >= 0.3 is 0 Å². The summed E-state index contributed by atoms with van der Waals surface area (Å²) in [5.41, 5.74) is 0. The van der Waals surface area contributed by atoms with E-state index in [0.717, 1.165) is 20.3 Å². The van der Waals surface area contributed by atoms with Crippen LogP contribution in [0.2, 0.25) is 0 Å². The Bertz CT molecular complexity index is 122. The van der Waals surface area contributed by atoms with Crippen LogP contribution in [-0.4, -0.2) is 19.0 Å². The lowest BCUT2D eigenvalue weighted by Gasteiger charge is -2.19. The van der Waals surface area contributed by atoms with Gasteiger partial charge in [0.15, 0.2) is 0 Å². The van der Waals surface area contributed by atoms with E-state index < -0.39 is 0 Å². The van der Waals surface area contributed by atoms with Gasteiger partial charge in [-0.3, -0.25) is 0 Å². The minimum atomic E-state index is 0.759. The Morgan fingerprint density at radius 2 is 2.30 bits per heavy atom. The van der Waals surface area contributed by atoms with Gasteiger partial charge in [0.1, 0.15) is 0 Å². The van der Waals surface area contributed by atoms with Crippen LogP contribution in [0.25, 0.3) is 0 Å². The minimum Gasteiger partial charge on any atom is -0.313 e. The van der Waals surface area contributed by atoms with Gasteiger partial charge in [-0.2, -0.15) is 0 Å². The first-order valence-corrected chi connectivity index (χ1v) is 5.18. The van der Waals surface area contributed by atoms with E-state index in [4.69, 9.17) is 0 Å². The zero-order valence-electron chi connectivity index (χ0n) is 6.72. The molecule has 1 heterocycles. The molecule has 2 heteroatoms. The second-order valence-electron chi connectivity index (χ2n) is 2.86. The molecule has 1 aliphatic rings. The molecule has 0 saturated heterocycles. The maximum atomic E-state index is 3.37. The molecule has 10 heavy (non-hydrogen) atoms. The Balaban J connectivity index is 2.43. The van der Waals surface area contributed by atoms with Crippen LogP contribution in [0.5, 0.6) is 0 Å². The van der Waals surface area contributed by atoms with Crippen LogP contribution in [-0.2, 0) is 0 Å². The lowest BCUT2D eigenvalue weighted by molar-refractivity contribution is 0.512. The Hall–Kier alpha value is 0.130. The highest BCUT2D eigenvalue weighted by molar-refractivity contribution is 7.39. The van der Waals surface area contributed by atoms with E-state index in [1.807, 2.05) is 0 Å². The molecule has 0 spiro atoms. The number of rotatable bonds is 1. The van der Waals surface area contributed by atoms with E-state index >= 15 is 0 Å². The van der Waals surface area contributed by atoms with E-state index in [-0.39, 0.29) is 0 Å².